The van der Waals surface area contributed by atoms with E-state index in [0.29, 0.717) is 22.2 Å². The Hall–Kier alpha value is -0.840. The summed E-state index contributed by atoms with van der Waals surface area (Å²) >= 11 is 3.57. The van der Waals surface area contributed by atoms with E-state index < -0.39 is 0 Å². The number of nitrogens with zero attached hydrogens (tertiary/aromatic N) is 2. The molecule has 0 aliphatic carbocycles. The van der Waals surface area contributed by atoms with E-state index in [1.165, 1.54) is 0 Å². The lowest BCUT2D eigenvalue weighted by Gasteiger charge is -2.28. The van der Waals surface area contributed by atoms with Crippen molar-refractivity contribution in [3.05, 3.63) is 17.3 Å². The highest BCUT2D eigenvalue weighted by atomic mass is 79.9. The van der Waals surface area contributed by atoms with Gasteiger partial charge in [0.1, 0.15) is 0 Å². The minimum absolute atomic E-state index is 0.0301. The lowest BCUT2D eigenvalue weighted by Crippen LogP contribution is -2.38. The number of oxazole rings is 1. The molecule has 0 bridgehead atoms. The van der Waals surface area contributed by atoms with Gasteiger partial charge in [-0.25, -0.2) is 4.98 Å². The molecule has 1 fully saturated rings. The van der Waals surface area contributed by atoms with E-state index in [9.17, 15) is 4.79 Å². The summed E-state index contributed by atoms with van der Waals surface area (Å²) in [4.78, 5) is 18.6. The summed E-state index contributed by atoms with van der Waals surface area (Å²) in [5, 5.41) is 0. The molecule has 0 N–H and O–H groups in total. The van der Waals surface area contributed by atoms with Crippen LogP contribution >= 0.6 is 15.9 Å². The molecule has 2 rings (SSSR count). The maximum Gasteiger partial charge on any atom is 0.291 e. The van der Waals surface area contributed by atoms with Crippen molar-refractivity contribution in [1.29, 1.82) is 0 Å². The molecule has 5 heteroatoms. The van der Waals surface area contributed by atoms with Gasteiger partial charge >= 0.3 is 0 Å². The largest absolute Gasteiger partial charge is 0.436 e. The number of amides is 1. The van der Waals surface area contributed by atoms with E-state index in [0.717, 1.165) is 25.9 Å². The van der Waals surface area contributed by atoms with Gasteiger partial charge in [-0.2, -0.15) is 0 Å². The Balaban J connectivity index is 2.10. The number of halogens is 1. The predicted octanol–water partition coefficient (Wildman–Crippen LogP) is 2.29. The van der Waals surface area contributed by atoms with Gasteiger partial charge in [0, 0.05) is 24.8 Å². The van der Waals surface area contributed by atoms with Crippen molar-refractivity contribution >= 4 is 21.8 Å². The molecular formula is C11H15BrN2O2. The second-order valence-corrected chi connectivity index (χ2v) is 5.41. The third-order valence-corrected chi connectivity index (χ3v) is 3.73. The van der Waals surface area contributed by atoms with E-state index in [2.05, 4.69) is 20.9 Å². The molecule has 2 heterocycles. The molecule has 0 spiro atoms. The second-order valence-electron chi connectivity index (χ2n) is 4.11. The summed E-state index contributed by atoms with van der Waals surface area (Å²) in [7, 11) is 0. The van der Waals surface area contributed by atoms with Gasteiger partial charge in [0.25, 0.3) is 5.91 Å². The fourth-order valence-electron chi connectivity index (χ4n) is 1.92. The van der Waals surface area contributed by atoms with Crippen molar-refractivity contribution < 1.29 is 9.21 Å². The van der Waals surface area contributed by atoms with E-state index in [1.54, 1.807) is 13.8 Å². The number of hydrogen-bond donors (Lipinski definition) is 0. The zero-order valence-corrected chi connectivity index (χ0v) is 11.1. The number of rotatable bonds is 1. The molecule has 1 amide bonds. The van der Waals surface area contributed by atoms with Gasteiger partial charge in [0.15, 0.2) is 5.89 Å². The van der Waals surface area contributed by atoms with E-state index >= 15 is 0 Å². The minimum Gasteiger partial charge on any atom is -0.436 e. The normalized spacial score (nSPS) is 17.8. The number of alkyl halides is 1. The van der Waals surface area contributed by atoms with E-state index in [1.807, 2.05) is 4.90 Å². The Labute approximate surface area is 103 Å². The second kappa shape index (κ2) is 4.57. The Morgan fingerprint density at radius 3 is 2.56 bits per heavy atom. The highest BCUT2D eigenvalue weighted by Crippen LogP contribution is 2.20. The standard InChI is InChI=1S/C11H15BrN2O2/c1-7-10(16-8(2)13-7)11(15)14-5-3-9(12)4-6-14/h9H,3-6H2,1-2H3. The first-order valence-electron chi connectivity index (χ1n) is 5.45. The van der Waals surface area contributed by atoms with E-state index in [-0.39, 0.29) is 5.91 Å². The highest BCUT2D eigenvalue weighted by molar-refractivity contribution is 9.09. The summed E-state index contributed by atoms with van der Waals surface area (Å²) in [5.41, 5.74) is 0.684. The smallest absolute Gasteiger partial charge is 0.291 e. The lowest BCUT2D eigenvalue weighted by atomic mass is 10.1. The first kappa shape index (κ1) is 11.6. The van der Waals surface area contributed by atoms with Gasteiger partial charge in [-0.05, 0) is 19.8 Å². The van der Waals surface area contributed by atoms with Gasteiger partial charge in [-0.3, -0.25) is 4.79 Å². The van der Waals surface area contributed by atoms with Crippen LogP contribution in [0.25, 0.3) is 0 Å². The Kier molecular flexibility index (Phi) is 3.33. The monoisotopic (exact) mass is 286 g/mol. The fourth-order valence-corrected chi connectivity index (χ4v) is 2.33. The zero-order chi connectivity index (χ0) is 11.7. The molecule has 16 heavy (non-hydrogen) atoms. The van der Waals surface area contributed by atoms with Gasteiger partial charge in [-0.15, -0.1) is 0 Å². The highest BCUT2D eigenvalue weighted by Gasteiger charge is 2.26. The van der Waals surface area contributed by atoms with Crippen LogP contribution < -0.4 is 0 Å². The van der Waals surface area contributed by atoms with Crippen molar-refractivity contribution in [3.63, 3.8) is 0 Å². The molecule has 1 aromatic rings. The van der Waals surface area contributed by atoms with Crippen LogP contribution in [0.2, 0.25) is 0 Å². The van der Waals surface area contributed by atoms with Crippen LogP contribution in [-0.4, -0.2) is 33.7 Å². The summed E-state index contributed by atoms with van der Waals surface area (Å²) in [6.45, 7) is 5.14. The molecule has 1 aromatic heterocycles. The number of aryl methyl sites for hydroxylation is 2. The van der Waals surface area contributed by atoms with Crippen LogP contribution in [0.1, 0.15) is 35.0 Å². The molecule has 0 atom stereocenters. The molecule has 1 saturated heterocycles. The summed E-state index contributed by atoms with van der Waals surface area (Å²) in [5.74, 6) is 0.916. The van der Waals surface area contributed by atoms with Gasteiger partial charge in [-0.1, -0.05) is 15.9 Å². The van der Waals surface area contributed by atoms with E-state index in [4.69, 9.17) is 4.42 Å². The molecule has 1 aliphatic heterocycles. The lowest BCUT2D eigenvalue weighted by molar-refractivity contribution is 0.0693. The SMILES string of the molecule is Cc1nc(C)c(C(=O)N2CCC(Br)CC2)o1. The van der Waals surface area contributed by atoms with Crippen LogP contribution in [0.5, 0.6) is 0 Å². The molecular weight excluding hydrogens is 272 g/mol. The van der Waals surface area contributed by atoms with Crippen molar-refractivity contribution in [1.82, 2.24) is 9.88 Å². The van der Waals surface area contributed by atoms with Crippen LogP contribution in [-0.2, 0) is 0 Å². The third kappa shape index (κ3) is 2.29. The third-order valence-electron chi connectivity index (χ3n) is 2.81. The van der Waals surface area contributed by atoms with Gasteiger partial charge < -0.3 is 9.32 Å². The van der Waals surface area contributed by atoms with Crippen LogP contribution in [0.4, 0.5) is 0 Å². The molecule has 88 valence electrons. The molecule has 0 radical (unpaired) electrons. The number of piperidine rings is 1. The van der Waals surface area contributed by atoms with Crippen LogP contribution in [0.15, 0.2) is 4.42 Å². The molecule has 4 nitrogen and oxygen atoms in total. The van der Waals surface area contributed by atoms with Gasteiger partial charge in [0.2, 0.25) is 5.76 Å². The molecule has 0 aromatic carbocycles. The fraction of sp³-hybridized carbons (Fsp3) is 0.636. The first-order valence-corrected chi connectivity index (χ1v) is 6.37. The number of hydrogen-bond acceptors (Lipinski definition) is 3. The minimum atomic E-state index is -0.0301. The Bertz CT molecular complexity index is 395. The van der Waals surface area contributed by atoms with Crippen molar-refractivity contribution in [2.45, 2.75) is 31.5 Å². The Morgan fingerprint density at radius 2 is 2.06 bits per heavy atom. The Morgan fingerprint density at radius 1 is 1.44 bits per heavy atom. The number of carbonyl (C=O) groups excluding carboxylic acids is 1. The molecule has 1 aliphatic rings. The van der Waals surface area contributed by atoms with Crippen LogP contribution in [0, 0.1) is 13.8 Å². The molecule has 0 saturated carbocycles. The summed E-state index contributed by atoms with van der Waals surface area (Å²) in [6.07, 6.45) is 2.00. The topological polar surface area (TPSA) is 46.3 Å². The van der Waals surface area contributed by atoms with Crippen molar-refractivity contribution in [3.8, 4) is 0 Å². The zero-order valence-electron chi connectivity index (χ0n) is 9.49. The summed E-state index contributed by atoms with van der Waals surface area (Å²) in [6, 6.07) is 0. The van der Waals surface area contributed by atoms with Crippen molar-refractivity contribution in [2.24, 2.45) is 0 Å². The van der Waals surface area contributed by atoms with Gasteiger partial charge in [0.05, 0.1) is 5.69 Å². The average Bonchev–Trinajstić information content (AvgIpc) is 2.58. The van der Waals surface area contributed by atoms with Crippen molar-refractivity contribution in [2.75, 3.05) is 13.1 Å². The summed E-state index contributed by atoms with van der Waals surface area (Å²) < 4.78 is 5.34. The first-order chi connectivity index (χ1) is 7.58. The van der Waals surface area contributed by atoms with Crippen LogP contribution in [0.3, 0.4) is 0 Å². The molecule has 0 unspecified atom stereocenters. The number of aromatic nitrogens is 1. The average molecular weight is 287 g/mol. The number of likely N-dealkylation sites (tertiary alicyclic amines) is 1. The maximum atomic E-state index is 12.1. The maximum absolute atomic E-state index is 12.1. The number of carbonyl (C=O) groups is 1. The quantitative estimate of drug-likeness (QED) is 0.744. The predicted molar refractivity (Wildman–Crippen MR) is 63.8 cm³/mol.